The van der Waals surface area contributed by atoms with Gasteiger partial charge >= 0.3 is 0 Å². The molecular weight excluding hydrogens is 192 g/mol. The van der Waals surface area contributed by atoms with Crippen LogP contribution < -0.4 is 5.32 Å². The first-order valence-electron chi connectivity index (χ1n) is 5.12. The second-order valence-electron chi connectivity index (χ2n) is 4.52. The van der Waals surface area contributed by atoms with Gasteiger partial charge < -0.3 is 5.32 Å². The molecule has 0 bridgehead atoms. The highest BCUT2D eigenvalue weighted by Crippen LogP contribution is 2.29. The van der Waals surface area contributed by atoms with Gasteiger partial charge in [0.25, 0.3) is 0 Å². The maximum absolute atomic E-state index is 4.70. The van der Waals surface area contributed by atoms with E-state index in [0.29, 0.717) is 0 Å². The van der Waals surface area contributed by atoms with Crippen molar-refractivity contribution in [2.45, 2.75) is 46.1 Å². The topological polar surface area (TPSA) is 24.9 Å². The summed E-state index contributed by atoms with van der Waals surface area (Å²) in [5.74, 6) is 0. The van der Waals surface area contributed by atoms with Crippen molar-refractivity contribution in [2.75, 3.05) is 7.05 Å². The van der Waals surface area contributed by atoms with Crippen LogP contribution in [0.5, 0.6) is 0 Å². The zero-order valence-electron chi connectivity index (χ0n) is 9.77. The largest absolute Gasteiger partial charge is 0.315 e. The van der Waals surface area contributed by atoms with Gasteiger partial charge in [0, 0.05) is 16.8 Å². The minimum Gasteiger partial charge on any atom is -0.315 e. The van der Waals surface area contributed by atoms with Gasteiger partial charge in [-0.1, -0.05) is 27.7 Å². The Morgan fingerprint density at radius 1 is 1.36 bits per heavy atom. The fraction of sp³-hybridized carbons (Fsp3) is 0.727. The molecule has 0 spiro atoms. The highest BCUT2D eigenvalue weighted by Gasteiger charge is 2.20. The van der Waals surface area contributed by atoms with Crippen LogP contribution in [0, 0.1) is 0 Å². The number of aromatic nitrogens is 1. The van der Waals surface area contributed by atoms with Crippen LogP contribution in [0.2, 0.25) is 0 Å². The molecule has 0 saturated heterocycles. The van der Waals surface area contributed by atoms with E-state index in [0.717, 1.165) is 13.0 Å². The molecular formula is C11H20N2S. The van der Waals surface area contributed by atoms with E-state index in [9.17, 15) is 0 Å². The van der Waals surface area contributed by atoms with E-state index in [1.54, 1.807) is 0 Å². The fourth-order valence-electron chi connectivity index (χ4n) is 1.28. The Hall–Kier alpha value is -0.410. The van der Waals surface area contributed by atoms with Gasteiger partial charge in [-0.15, -0.1) is 11.3 Å². The Bertz CT molecular complexity index is 297. The number of nitrogens with one attached hydrogen (secondary N) is 1. The lowest BCUT2D eigenvalue weighted by Gasteiger charge is -2.13. The van der Waals surface area contributed by atoms with Gasteiger partial charge in [0.1, 0.15) is 0 Å². The van der Waals surface area contributed by atoms with Crippen LogP contribution in [0.15, 0.2) is 0 Å². The van der Waals surface area contributed by atoms with Crippen molar-refractivity contribution in [2.24, 2.45) is 0 Å². The molecule has 0 atom stereocenters. The standard InChI is InChI=1S/C11H20N2S/c1-6-8-9(7-12-5)14-10(13-8)11(2,3)4/h12H,6-7H2,1-5H3. The first-order valence-corrected chi connectivity index (χ1v) is 5.94. The minimum atomic E-state index is 0.181. The summed E-state index contributed by atoms with van der Waals surface area (Å²) in [6.45, 7) is 9.76. The molecule has 1 heterocycles. The van der Waals surface area contributed by atoms with Crippen LogP contribution in [0.25, 0.3) is 0 Å². The lowest BCUT2D eigenvalue weighted by Crippen LogP contribution is -2.10. The maximum Gasteiger partial charge on any atom is 0.0985 e. The van der Waals surface area contributed by atoms with Gasteiger partial charge in [0.15, 0.2) is 0 Å². The summed E-state index contributed by atoms with van der Waals surface area (Å²) in [7, 11) is 1.98. The molecule has 0 aliphatic carbocycles. The third-order valence-electron chi connectivity index (χ3n) is 2.09. The van der Waals surface area contributed by atoms with E-state index >= 15 is 0 Å². The van der Waals surface area contributed by atoms with Crippen LogP contribution in [0.4, 0.5) is 0 Å². The van der Waals surface area contributed by atoms with Gasteiger partial charge in [0.2, 0.25) is 0 Å². The zero-order chi connectivity index (χ0) is 10.8. The normalized spacial score (nSPS) is 12.1. The molecule has 1 aromatic heterocycles. The van der Waals surface area contributed by atoms with Crippen molar-refractivity contribution in [1.29, 1.82) is 0 Å². The van der Waals surface area contributed by atoms with Gasteiger partial charge in [0.05, 0.1) is 10.7 Å². The van der Waals surface area contributed by atoms with Crippen LogP contribution in [-0.4, -0.2) is 12.0 Å². The van der Waals surface area contributed by atoms with E-state index in [4.69, 9.17) is 4.98 Å². The summed E-state index contributed by atoms with van der Waals surface area (Å²) in [5, 5.41) is 4.44. The Morgan fingerprint density at radius 3 is 2.43 bits per heavy atom. The number of rotatable bonds is 3. The van der Waals surface area contributed by atoms with Crippen molar-refractivity contribution in [3.63, 3.8) is 0 Å². The van der Waals surface area contributed by atoms with Crippen molar-refractivity contribution in [3.05, 3.63) is 15.6 Å². The summed E-state index contributed by atoms with van der Waals surface area (Å²) in [6, 6.07) is 0. The summed E-state index contributed by atoms with van der Waals surface area (Å²) in [6.07, 6.45) is 1.03. The van der Waals surface area contributed by atoms with Gasteiger partial charge in [-0.05, 0) is 13.5 Å². The quantitative estimate of drug-likeness (QED) is 0.833. The SMILES string of the molecule is CCc1nc(C(C)(C)C)sc1CNC. The Morgan fingerprint density at radius 2 is 2.00 bits per heavy atom. The third kappa shape index (κ3) is 2.55. The monoisotopic (exact) mass is 212 g/mol. The molecule has 0 aliphatic heterocycles. The van der Waals surface area contributed by atoms with E-state index in [-0.39, 0.29) is 5.41 Å². The van der Waals surface area contributed by atoms with Crippen molar-refractivity contribution >= 4 is 11.3 Å². The second kappa shape index (κ2) is 4.41. The van der Waals surface area contributed by atoms with Crippen LogP contribution >= 0.6 is 11.3 Å². The predicted molar refractivity (Wildman–Crippen MR) is 63.0 cm³/mol. The summed E-state index contributed by atoms with van der Waals surface area (Å²) in [5.41, 5.74) is 1.44. The van der Waals surface area contributed by atoms with Crippen LogP contribution in [0.3, 0.4) is 0 Å². The summed E-state index contributed by atoms with van der Waals surface area (Å²) >= 11 is 1.84. The molecule has 14 heavy (non-hydrogen) atoms. The highest BCUT2D eigenvalue weighted by molar-refractivity contribution is 7.11. The first-order chi connectivity index (χ1) is 6.49. The molecule has 2 nitrogen and oxygen atoms in total. The fourth-order valence-corrected chi connectivity index (χ4v) is 2.50. The zero-order valence-corrected chi connectivity index (χ0v) is 10.6. The molecule has 0 amide bonds. The first kappa shape index (κ1) is 11.7. The molecule has 0 saturated carbocycles. The number of nitrogens with zero attached hydrogens (tertiary/aromatic N) is 1. The molecule has 0 aromatic carbocycles. The number of thiazole rings is 1. The Labute approximate surface area is 90.8 Å². The minimum absolute atomic E-state index is 0.181. The molecule has 80 valence electrons. The molecule has 0 unspecified atom stereocenters. The molecule has 1 rings (SSSR count). The third-order valence-corrected chi connectivity index (χ3v) is 3.62. The van der Waals surface area contributed by atoms with Crippen LogP contribution in [0.1, 0.15) is 43.3 Å². The van der Waals surface area contributed by atoms with Gasteiger partial charge in [-0.25, -0.2) is 4.98 Å². The van der Waals surface area contributed by atoms with Crippen LogP contribution in [-0.2, 0) is 18.4 Å². The highest BCUT2D eigenvalue weighted by atomic mass is 32.1. The molecule has 3 heteroatoms. The number of hydrogen-bond acceptors (Lipinski definition) is 3. The number of hydrogen-bond donors (Lipinski definition) is 1. The van der Waals surface area contributed by atoms with Gasteiger partial charge in [-0.2, -0.15) is 0 Å². The summed E-state index contributed by atoms with van der Waals surface area (Å²) in [4.78, 5) is 6.09. The molecule has 0 radical (unpaired) electrons. The second-order valence-corrected chi connectivity index (χ2v) is 5.61. The maximum atomic E-state index is 4.70. The Balaban J connectivity index is 3.00. The molecule has 1 N–H and O–H groups in total. The Kier molecular flexibility index (Phi) is 3.67. The van der Waals surface area contributed by atoms with Crippen molar-refractivity contribution in [1.82, 2.24) is 10.3 Å². The van der Waals surface area contributed by atoms with E-state index in [1.165, 1.54) is 15.6 Å². The summed E-state index contributed by atoms with van der Waals surface area (Å²) < 4.78 is 0. The number of aryl methyl sites for hydroxylation is 1. The van der Waals surface area contributed by atoms with E-state index < -0.39 is 0 Å². The average molecular weight is 212 g/mol. The molecule has 1 aromatic rings. The molecule has 0 fully saturated rings. The lowest BCUT2D eigenvalue weighted by atomic mass is 9.98. The van der Waals surface area contributed by atoms with Crippen molar-refractivity contribution < 1.29 is 0 Å². The van der Waals surface area contributed by atoms with Gasteiger partial charge in [-0.3, -0.25) is 0 Å². The average Bonchev–Trinajstić information content (AvgIpc) is 2.47. The molecule has 0 aliphatic rings. The van der Waals surface area contributed by atoms with E-state index in [1.807, 2.05) is 18.4 Å². The van der Waals surface area contributed by atoms with E-state index in [2.05, 4.69) is 33.0 Å². The lowest BCUT2D eigenvalue weighted by molar-refractivity contribution is 0.583. The smallest absolute Gasteiger partial charge is 0.0985 e. The van der Waals surface area contributed by atoms with Crippen molar-refractivity contribution in [3.8, 4) is 0 Å². The predicted octanol–water partition coefficient (Wildman–Crippen LogP) is 2.72.